The zero-order valence-electron chi connectivity index (χ0n) is 15.6. The van der Waals surface area contributed by atoms with Crippen molar-refractivity contribution in [3.63, 3.8) is 0 Å². The van der Waals surface area contributed by atoms with Crippen molar-refractivity contribution in [1.29, 1.82) is 0 Å². The maximum Gasteiger partial charge on any atom is 0.224 e. The number of piperidine rings is 1. The van der Waals surface area contributed by atoms with Crippen LogP contribution in [0, 0.1) is 11.7 Å². The standard InChI is InChI=1S/C20H32FN3O/c1-3-23(4-2)14-16-8-7-11-24(15-16)20(25)13-18(22)12-17-9-5-6-10-19(17)21/h5-6,9-10,16,18H,3-4,7-8,11-15,22H2,1-2H3/t16?,18-/m1/s1. The predicted octanol–water partition coefficient (Wildman–Crippen LogP) is 2.67. The second-order valence-electron chi connectivity index (χ2n) is 7.09. The Bertz CT molecular complexity index is 547. The molecule has 2 atom stereocenters. The van der Waals surface area contributed by atoms with E-state index in [0.29, 0.717) is 17.9 Å². The van der Waals surface area contributed by atoms with Gasteiger partial charge in [0.1, 0.15) is 5.82 Å². The van der Waals surface area contributed by atoms with E-state index in [9.17, 15) is 9.18 Å². The first-order chi connectivity index (χ1) is 12.0. The monoisotopic (exact) mass is 349 g/mol. The molecule has 1 aliphatic heterocycles. The van der Waals surface area contributed by atoms with E-state index >= 15 is 0 Å². The molecule has 1 saturated heterocycles. The number of nitrogens with two attached hydrogens (primary N) is 1. The average Bonchev–Trinajstić information content (AvgIpc) is 2.61. The first-order valence-electron chi connectivity index (χ1n) is 9.52. The minimum Gasteiger partial charge on any atom is -0.342 e. The van der Waals surface area contributed by atoms with Crippen molar-refractivity contribution in [2.24, 2.45) is 11.7 Å². The van der Waals surface area contributed by atoms with Crippen LogP contribution in [0.25, 0.3) is 0 Å². The molecule has 0 saturated carbocycles. The maximum atomic E-state index is 13.7. The first-order valence-corrected chi connectivity index (χ1v) is 9.52. The summed E-state index contributed by atoms with van der Waals surface area (Å²) >= 11 is 0. The number of nitrogens with zero attached hydrogens (tertiary/aromatic N) is 2. The smallest absolute Gasteiger partial charge is 0.224 e. The van der Waals surface area contributed by atoms with Crippen LogP contribution in [0.5, 0.6) is 0 Å². The number of benzene rings is 1. The third-order valence-electron chi connectivity index (χ3n) is 5.16. The van der Waals surface area contributed by atoms with Gasteiger partial charge in [-0.1, -0.05) is 32.0 Å². The molecule has 140 valence electrons. The van der Waals surface area contributed by atoms with Crippen LogP contribution in [0.3, 0.4) is 0 Å². The van der Waals surface area contributed by atoms with Crippen molar-refractivity contribution in [2.45, 2.75) is 45.6 Å². The predicted molar refractivity (Wildman–Crippen MR) is 99.8 cm³/mol. The molecule has 4 nitrogen and oxygen atoms in total. The zero-order valence-corrected chi connectivity index (χ0v) is 15.6. The highest BCUT2D eigenvalue weighted by atomic mass is 19.1. The van der Waals surface area contributed by atoms with Crippen LogP contribution in [-0.4, -0.2) is 54.5 Å². The molecular weight excluding hydrogens is 317 g/mol. The van der Waals surface area contributed by atoms with Crippen molar-refractivity contribution in [3.05, 3.63) is 35.6 Å². The number of rotatable bonds is 8. The van der Waals surface area contributed by atoms with Gasteiger partial charge in [-0.2, -0.15) is 0 Å². The minimum atomic E-state index is -0.340. The third kappa shape index (κ3) is 6.08. The highest BCUT2D eigenvalue weighted by Crippen LogP contribution is 2.19. The van der Waals surface area contributed by atoms with Gasteiger partial charge in [0.15, 0.2) is 0 Å². The van der Waals surface area contributed by atoms with E-state index in [-0.39, 0.29) is 24.2 Å². The number of hydrogen-bond acceptors (Lipinski definition) is 3. The molecule has 1 amide bonds. The molecule has 0 bridgehead atoms. The van der Waals surface area contributed by atoms with E-state index in [1.54, 1.807) is 18.2 Å². The van der Waals surface area contributed by atoms with Gasteiger partial charge < -0.3 is 15.5 Å². The Balaban J connectivity index is 1.84. The Morgan fingerprint density at radius 1 is 1.36 bits per heavy atom. The van der Waals surface area contributed by atoms with Crippen molar-refractivity contribution in [3.8, 4) is 0 Å². The highest BCUT2D eigenvalue weighted by Gasteiger charge is 2.25. The Hall–Kier alpha value is -1.46. The molecule has 1 aromatic rings. The summed E-state index contributed by atoms with van der Waals surface area (Å²) in [4.78, 5) is 17.0. The van der Waals surface area contributed by atoms with Crippen molar-refractivity contribution >= 4 is 5.91 Å². The summed E-state index contributed by atoms with van der Waals surface area (Å²) in [5.74, 6) is 0.399. The number of carbonyl (C=O) groups excluding carboxylic acids is 1. The summed E-state index contributed by atoms with van der Waals surface area (Å²) in [6.45, 7) is 9.15. The second-order valence-corrected chi connectivity index (χ2v) is 7.09. The summed E-state index contributed by atoms with van der Waals surface area (Å²) in [6, 6.07) is 6.30. The minimum absolute atomic E-state index is 0.105. The Morgan fingerprint density at radius 3 is 2.76 bits per heavy atom. The lowest BCUT2D eigenvalue weighted by Crippen LogP contribution is -2.45. The highest BCUT2D eigenvalue weighted by molar-refractivity contribution is 5.77. The van der Waals surface area contributed by atoms with Crippen LogP contribution in [-0.2, 0) is 11.2 Å². The van der Waals surface area contributed by atoms with Crippen molar-refractivity contribution in [2.75, 3.05) is 32.7 Å². The van der Waals surface area contributed by atoms with Crippen LogP contribution in [0.2, 0.25) is 0 Å². The Kier molecular flexibility index (Phi) is 7.85. The maximum absolute atomic E-state index is 13.7. The van der Waals surface area contributed by atoms with Crippen LogP contribution >= 0.6 is 0 Å². The molecule has 1 unspecified atom stereocenters. The number of halogens is 1. The van der Waals surface area contributed by atoms with E-state index < -0.39 is 0 Å². The van der Waals surface area contributed by atoms with E-state index in [4.69, 9.17) is 5.73 Å². The SMILES string of the molecule is CCN(CC)CC1CCCN(C(=O)C[C@H](N)Cc2ccccc2F)C1. The summed E-state index contributed by atoms with van der Waals surface area (Å²) in [5, 5.41) is 0. The fourth-order valence-electron chi connectivity index (χ4n) is 3.66. The van der Waals surface area contributed by atoms with Gasteiger partial charge in [0, 0.05) is 32.1 Å². The quantitative estimate of drug-likeness (QED) is 0.785. The van der Waals surface area contributed by atoms with Gasteiger partial charge in [-0.15, -0.1) is 0 Å². The fourth-order valence-corrected chi connectivity index (χ4v) is 3.66. The van der Waals surface area contributed by atoms with E-state index in [1.807, 2.05) is 4.90 Å². The van der Waals surface area contributed by atoms with E-state index in [1.165, 1.54) is 12.5 Å². The first kappa shape index (κ1) is 19.9. The van der Waals surface area contributed by atoms with Gasteiger partial charge in [0.05, 0.1) is 0 Å². The number of likely N-dealkylation sites (tertiary alicyclic amines) is 1. The molecular formula is C20H32FN3O. The van der Waals surface area contributed by atoms with Gasteiger partial charge in [-0.25, -0.2) is 4.39 Å². The molecule has 2 N–H and O–H groups in total. The average molecular weight is 349 g/mol. The summed E-state index contributed by atoms with van der Waals surface area (Å²) < 4.78 is 13.7. The molecule has 2 rings (SSSR count). The van der Waals surface area contributed by atoms with Gasteiger partial charge in [-0.3, -0.25) is 4.79 Å². The normalized spacial score (nSPS) is 19.2. The Morgan fingerprint density at radius 2 is 2.08 bits per heavy atom. The van der Waals surface area contributed by atoms with Gasteiger partial charge in [-0.05, 0) is 49.9 Å². The van der Waals surface area contributed by atoms with Crippen molar-refractivity contribution < 1.29 is 9.18 Å². The number of carbonyl (C=O) groups is 1. The summed E-state index contributed by atoms with van der Waals surface area (Å²) in [7, 11) is 0. The number of amides is 1. The van der Waals surface area contributed by atoms with Crippen LogP contribution in [0.1, 0.15) is 38.7 Å². The number of hydrogen-bond donors (Lipinski definition) is 1. The van der Waals surface area contributed by atoms with E-state index in [2.05, 4.69) is 18.7 Å². The molecule has 0 radical (unpaired) electrons. The molecule has 1 aliphatic rings. The molecule has 1 heterocycles. The zero-order chi connectivity index (χ0) is 18.2. The largest absolute Gasteiger partial charge is 0.342 e. The lowest BCUT2D eigenvalue weighted by Gasteiger charge is -2.35. The molecule has 0 aromatic heterocycles. The lowest BCUT2D eigenvalue weighted by atomic mass is 9.96. The molecule has 25 heavy (non-hydrogen) atoms. The Labute approximate surface area is 151 Å². The topological polar surface area (TPSA) is 49.6 Å². The second kappa shape index (κ2) is 9.88. The molecule has 1 aromatic carbocycles. The summed E-state index contributed by atoms with van der Waals surface area (Å²) in [5.41, 5.74) is 6.70. The molecule has 5 heteroatoms. The van der Waals surface area contributed by atoms with Gasteiger partial charge in [0.25, 0.3) is 0 Å². The third-order valence-corrected chi connectivity index (χ3v) is 5.16. The fraction of sp³-hybridized carbons (Fsp3) is 0.650. The molecule has 1 fully saturated rings. The van der Waals surface area contributed by atoms with Gasteiger partial charge in [0.2, 0.25) is 5.91 Å². The van der Waals surface area contributed by atoms with Crippen LogP contribution in [0.15, 0.2) is 24.3 Å². The molecule has 0 aliphatic carbocycles. The van der Waals surface area contributed by atoms with Crippen LogP contribution in [0.4, 0.5) is 4.39 Å². The van der Waals surface area contributed by atoms with Crippen LogP contribution < -0.4 is 5.73 Å². The van der Waals surface area contributed by atoms with E-state index in [0.717, 1.165) is 39.1 Å². The van der Waals surface area contributed by atoms with Gasteiger partial charge >= 0.3 is 0 Å². The van der Waals surface area contributed by atoms with Crippen molar-refractivity contribution in [1.82, 2.24) is 9.80 Å². The molecule has 0 spiro atoms. The summed E-state index contributed by atoms with van der Waals surface area (Å²) in [6.07, 6.45) is 2.92. The lowest BCUT2D eigenvalue weighted by molar-refractivity contribution is -0.133.